The minimum atomic E-state index is 0.0364. The van der Waals surface area contributed by atoms with E-state index in [0.717, 1.165) is 24.0 Å². The maximum absolute atomic E-state index is 12.1. The first-order valence-electron chi connectivity index (χ1n) is 7.43. The summed E-state index contributed by atoms with van der Waals surface area (Å²) in [5, 5.41) is 5.32. The topological polar surface area (TPSA) is 33.5 Å². The van der Waals surface area contributed by atoms with Crippen molar-refractivity contribution in [2.75, 3.05) is 26.2 Å². The number of likely N-dealkylation sites (tertiary alicyclic amines) is 1. The van der Waals surface area contributed by atoms with Gasteiger partial charge in [0.05, 0.1) is 26.2 Å². The molecule has 0 atom stereocenters. The molecule has 3 nitrogen and oxygen atoms in total. The van der Waals surface area contributed by atoms with E-state index in [2.05, 4.69) is 11.4 Å². The summed E-state index contributed by atoms with van der Waals surface area (Å²) < 4.78 is 0. The molecule has 1 heterocycles. The molecule has 1 amide bonds. The maximum Gasteiger partial charge on any atom is 0.251 e. The molecule has 0 aliphatic carbocycles. The van der Waals surface area contributed by atoms with Crippen LogP contribution >= 0.6 is 0 Å². The van der Waals surface area contributed by atoms with E-state index in [-0.39, 0.29) is 5.91 Å². The van der Waals surface area contributed by atoms with Gasteiger partial charge in [0.1, 0.15) is 0 Å². The minimum Gasteiger partial charge on any atom is -0.346 e. The lowest BCUT2D eigenvalue weighted by Gasteiger charge is -2.12. The van der Waals surface area contributed by atoms with Crippen LogP contribution in [-0.4, -0.2) is 32.1 Å². The molecule has 0 aromatic heterocycles. The van der Waals surface area contributed by atoms with Gasteiger partial charge in [0, 0.05) is 18.4 Å². The smallest absolute Gasteiger partial charge is 0.251 e. The number of carbonyl (C=O) groups is 1. The van der Waals surface area contributed by atoms with Gasteiger partial charge in [0.2, 0.25) is 0 Å². The van der Waals surface area contributed by atoms with Crippen molar-refractivity contribution >= 4 is 16.7 Å². The van der Waals surface area contributed by atoms with Crippen molar-refractivity contribution in [2.45, 2.75) is 12.8 Å². The molecule has 0 saturated carbocycles. The van der Waals surface area contributed by atoms with Crippen LogP contribution in [0.5, 0.6) is 0 Å². The molecule has 0 unspecified atom stereocenters. The van der Waals surface area contributed by atoms with Crippen LogP contribution in [-0.2, 0) is 0 Å². The van der Waals surface area contributed by atoms with Crippen molar-refractivity contribution < 1.29 is 9.69 Å². The second-order valence-electron chi connectivity index (χ2n) is 5.52. The molecule has 1 aliphatic rings. The van der Waals surface area contributed by atoms with Crippen LogP contribution < -0.4 is 10.2 Å². The molecule has 1 saturated heterocycles. The van der Waals surface area contributed by atoms with Crippen molar-refractivity contribution in [1.82, 2.24) is 5.32 Å². The third-order valence-electron chi connectivity index (χ3n) is 4.09. The lowest BCUT2D eigenvalue weighted by Crippen LogP contribution is -3.10. The van der Waals surface area contributed by atoms with Gasteiger partial charge in [-0.05, 0) is 22.9 Å². The van der Waals surface area contributed by atoms with E-state index in [0.29, 0.717) is 0 Å². The predicted octanol–water partition coefficient (Wildman–Crippen LogP) is 1.25. The van der Waals surface area contributed by atoms with Crippen LogP contribution in [0.15, 0.2) is 42.5 Å². The van der Waals surface area contributed by atoms with Gasteiger partial charge in [-0.25, -0.2) is 0 Å². The number of carbonyl (C=O) groups excluding carboxylic acids is 1. The van der Waals surface area contributed by atoms with E-state index < -0.39 is 0 Å². The van der Waals surface area contributed by atoms with Crippen LogP contribution in [0.4, 0.5) is 0 Å². The zero-order valence-corrected chi connectivity index (χ0v) is 11.7. The molecule has 104 valence electrons. The summed E-state index contributed by atoms with van der Waals surface area (Å²) in [6.07, 6.45) is 2.65. The normalized spacial score (nSPS) is 15.6. The van der Waals surface area contributed by atoms with Crippen molar-refractivity contribution in [3.8, 4) is 0 Å². The molecule has 0 radical (unpaired) electrons. The highest BCUT2D eigenvalue weighted by Gasteiger charge is 2.15. The van der Waals surface area contributed by atoms with Crippen LogP contribution in [0.25, 0.3) is 10.8 Å². The van der Waals surface area contributed by atoms with Crippen molar-refractivity contribution in [3.63, 3.8) is 0 Å². The summed E-state index contributed by atoms with van der Waals surface area (Å²) in [4.78, 5) is 13.8. The number of fused-ring (bicyclic) bond motifs is 1. The van der Waals surface area contributed by atoms with E-state index >= 15 is 0 Å². The third-order valence-corrected chi connectivity index (χ3v) is 4.09. The van der Waals surface area contributed by atoms with Crippen LogP contribution in [0, 0.1) is 0 Å². The van der Waals surface area contributed by atoms with Gasteiger partial charge in [-0.15, -0.1) is 0 Å². The molecule has 3 rings (SSSR count). The fourth-order valence-corrected chi connectivity index (χ4v) is 2.91. The summed E-state index contributed by atoms with van der Waals surface area (Å²) in [7, 11) is 0. The fourth-order valence-electron chi connectivity index (χ4n) is 2.91. The summed E-state index contributed by atoms with van der Waals surface area (Å²) >= 11 is 0. The Kier molecular flexibility index (Phi) is 3.97. The van der Waals surface area contributed by atoms with Gasteiger partial charge in [-0.1, -0.05) is 30.3 Å². The summed E-state index contributed by atoms with van der Waals surface area (Å²) in [6, 6.07) is 14.0. The van der Waals surface area contributed by atoms with Crippen LogP contribution in [0.3, 0.4) is 0 Å². The molecular formula is C17H21N2O+. The van der Waals surface area contributed by atoms with Gasteiger partial charge in [-0.3, -0.25) is 4.79 Å². The molecule has 1 aliphatic heterocycles. The SMILES string of the molecule is O=C(NCC[NH+]1CCCC1)c1ccc2ccccc2c1. The number of hydrogen-bond donors (Lipinski definition) is 2. The van der Waals surface area contributed by atoms with Gasteiger partial charge < -0.3 is 10.2 Å². The van der Waals surface area contributed by atoms with E-state index in [1.807, 2.05) is 36.4 Å². The zero-order valence-electron chi connectivity index (χ0n) is 11.7. The second-order valence-corrected chi connectivity index (χ2v) is 5.52. The first kappa shape index (κ1) is 13.1. The Labute approximate surface area is 119 Å². The summed E-state index contributed by atoms with van der Waals surface area (Å²) in [5.41, 5.74) is 0.750. The largest absolute Gasteiger partial charge is 0.346 e. The standard InChI is InChI=1S/C17H20N2O/c20-17(18-9-12-19-10-3-4-11-19)16-8-7-14-5-1-2-6-15(14)13-16/h1-2,5-8,13H,3-4,9-12H2,(H,18,20)/p+1. The Balaban J connectivity index is 1.60. The molecule has 0 bridgehead atoms. The number of rotatable bonds is 4. The van der Waals surface area contributed by atoms with Gasteiger partial charge in [-0.2, -0.15) is 0 Å². The molecule has 2 N–H and O–H groups in total. The Morgan fingerprint density at radius 3 is 2.60 bits per heavy atom. The van der Waals surface area contributed by atoms with E-state index in [1.54, 1.807) is 4.90 Å². The second kappa shape index (κ2) is 6.06. The Hall–Kier alpha value is -1.87. The monoisotopic (exact) mass is 269 g/mol. The lowest BCUT2D eigenvalue weighted by atomic mass is 10.1. The predicted molar refractivity (Wildman–Crippen MR) is 81.1 cm³/mol. The summed E-state index contributed by atoms with van der Waals surface area (Å²) in [6.45, 7) is 4.32. The third kappa shape index (κ3) is 2.99. The zero-order chi connectivity index (χ0) is 13.8. The average Bonchev–Trinajstić information content (AvgIpc) is 3.00. The first-order chi connectivity index (χ1) is 9.83. The number of hydrogen-bond acceptors (Lipinski definition) is 1. The maximum atomic E-state index is 12.1. The van der Waals surface area contributed by atoms with Crippen LogP contribution in [0.1, 0.15) is 23.2 Å². The Morgan fingerprint density at radius 1 is 1.05 bits per heavy atom. The highest BCUT2D eigenvalue weighted by atomic mass is 16.1. The summed E-state index contributed by atoms with van der Waals surface area (Å²) in [5.74, 6) is 0.0364. The van der Waals surface area contributed by atoms with E-state index in [4.69, 9.17) is 0 Å². The number of benzene rings is 2. The van der Waals surface area contributed by atoms with Gasteiger partial charge >= 0.3 is 0 Å². The first-order valence-corrected chi connectivity index (χ1v) is 7.43. The average molecular weight is 269 g/mol. The molecule has 3 heteroatoms. The molecule has 0 spiro atoms. The highest BCUT2D eigenvalue weighted by molar-refractivity contribution is 5.98. The quantitative estimate of drug-likeness (QED) is 0.860. The van der Waals surface area contributed by atoms with E-state index in [9.17, 15) is 4.79 Å². The van der Waals surface area contributed by atoms with Crippen molar-refractivity contribution in [2.24, 2.45) is 0 Å². The molecule has 2 aromatic carbocycles. The highest BCUT2D eigenvalue weighted by Crippen LogP contribution is 2.15. The molecule has 2 aromatic rings. The fraction of sp³-hybridized carbons (Fsp3) is 0.353. The number of nitrogens with one attached hydrogen (secondary N) is 2. The van der Waals surface area contributed by atoms with Crippen molar-refractivity contribution in [3.05, 3.63) is 48.0 Å². The Bertz CT molecular complexity index is 603. The number of quaternary nitrogens is 1. The lowest BCUT2D eigenvalue weighted by molar-refractivity contribution is -0.886. The van der Waals surface area contributed by atoms with E-state index in [1.165, 1.54) is 31.3 Å². The van der Waals surface area contributed by atoms with Crippen molar-refractivity contribution in [1.29, 1.82) is 0 Å². The van der Waals surface area contributed by atoms with Crippen LogP contribution in [0.2, 0.25) is 0 Å². The molecule has 1 fully saturated rings. The van der Waals surface area contributed by atoms with Gasteiger partial charge in [0.25, 0.3) is 5.91 Å². The minimum absolute atomic E-state index is 0.0364. The molecular weight excluding hydrogens is 248 g/mol. The molecule has 20 heavy (non-hydrogen) atoms. The van der Waals surface area contributed by atoms with Gasteiger partial charge in [0.15, 0.2) is 0 Å². The number of amides is 1. The Morgan fingerprint density at radius 2 is 1.80 bits per heavy atom.